The average Bonchev–Trinajstić information content (AvgIpc) is 2.93. The maximum Gasteiger partial charge on any atom is 0.246 e. The summed E-state index contributed by atoms with van der Waals surface area (Å²) >= 11 is 3.55. The van der Waals surface area contributed by atoms with Crippen LogP contribution >= 0.6 is 15.9 Å². The fourth-order valence-electron chi connectivity index (χ4n) is 1.08. The largest absolute Gasteiger partial charge is 0.372 e. The monoisotopic (exact) mass is 249 g/mol. The van der Waals surface area contributed by atoms with E-state index in [4.69, 9.17) is 4.74 Å². The fraction of sp³-hybridized carbons (Fsp3) is 0.889. The molecule has 0 heterocycles. The van der Waals surface area contributed by atoms with Crippen molar-refractivity contribution < 1.29 is 9.53 Å². The van der Waals surface area contributed by atoms with E-state index >= 15 is 0 Å². The van der Waals surface area contributed by atoms with Gasteiger partial charge in [-0.15, -0.1) is 0 Å². The molecule has 1 amide bonds. The van der Waals surface area contributed by atoms with Gasteiger partial charge in [0.15, 0.2) is 0 Å². The van der Waals surface area contributed by atoms with Crippen molar-refractivity contribution in [2.45, 2.75) is 24.6 Å². The van der Waals surface area contributed by atoms with E-state index in [-0.39, 0.29) is 12.5 Å². The topological polar surface area (TPSA) is 38.3 Å². The second kappa shape index (κ2) is 5.60. The van der Waals surface area contributed by atoms with Crippen molar-refractivity contribution in [1.29, 1.82) is 0 Å². The van der Waals surface area contributed by atoms with Crippen LogP contribution in [0.3, 0.4) is 0 Å². The van der Waals surface area contributed by atoms with Crippen molar-refractivity contribution in [3.63, 3.8) is 0 Å². The van der Waals surface area contributed by atoms with Crippen molar-refractivity contribution in [3.8, 4) is 0 Å². The van der Waals surface area contributed by atoms with E-state index in [0.29, 0.717) is 11.4 Å². The third-order valence-electron chi connectivity index (χ3n) is 2.07. The van der Waals surface area contributed by atoms with E-state index in [1.54, 1.807) is 0 Å². The van der Waals surface area contributed by atoms with Gasteiger partial charge < -0.3 is 10.1 Å². The lowest BCUT2D eigenvalue weighted by molar-refractivity contribution is -0.125. The molecule has 0 radical (unpaired) electrons. The molecule has 1 unspecified atom stereocenters. The predicted molar refractivity (Wildman–Crippen MR) is 54.9 cm³/mol. The van der Waals surface area contributed by atoms with Gasteiger partial charge in [0.2, 0.25) is 5.91 Å². The molecule has 13 heavy (non-hydrogen) atoms. The zero-order valence-electron chi connectivity index (χ0n) is 7.88. The summed E-state index contributed by atoms with van der Waals surface area (Å²) < 4.78 is 4.98. The van der Waals surface area contributed by atoms with E-state index in [2.05, 4.69) is 21.2 Å². The molecule has 1 N–H and O–H groups in total. The van der Waals surface area contributed by atoms with Crippen molar-refractivity contribution in [2.24, 2.45) is 5.92 Å². The first-order chi connectivity index (χ1) is 6.24. The van der Waals surface area contributed by atoms with Crippen LogP contribution in [0.2, 0.25) is 0 Å². The van der Waals surface area contributed by atoms with Crippen LogP contribution in [0.5, 0.6) is 0 Å². The first-order valence-electron chi connectivity index (χ1n) is 4.72. The SMILES string of the molecule is CCOCC(=O)NCC(Br)C1CC1. The molecule has 0 aromatic heterocycles. The molecule has 1 aliphatic carbocycles. The fourth-order valence-corrected chi connectivity index (χ4v) is 1.77. The van der Waals surface area contributed by atoms with Crippen LogP contribution in [0.25, 0.3) is 0 Å². The van der Waals surface area contributed by atoms with Gasteiger partial charge in [0.25, 0.3) is 0 Å². The lowest BCUT2D eigenvalue weighted by Gasteiger charge is -2.09. The minimum Gasteiger partial charge on any atom is -0.372 e. The Morgan fingerprint density at radius 2 is 2.38 bits per heavy atom. The number of carbonyl (C=O) groups excluding carboxylic acids is 1. The van der Waals surface area contributed by atoms with Crippen molar-refractivity contribution in [3.05, 3.63) is 0 Å². The highest BCUT2D eigenvalue weighted by molar-refractivity contribution is 9.09. The Hall–Kier alpha value is -0.0900. The van der Waals surface area contributed by atoms with Gasteiger partial charge in [0, 0.05) is 18.0 Å². The molecule has 1 fully saturated rings. The van der Waals surface area contributed by atoms with Crippen LogP contribution in [-0.4, -0.2) is 30.5 Å². The molecular weight excluding hydrogens is 234 g/mol. The van der Waals surface area contributed by atoms with Gasteiger partial charge in [0.1, 0.15) is 6.61 Å². The maximum atomic E-state index is 11.1. The second-order valence-electron chi connectivity index (χ2n) is 3.29. The molecule has 0 aromatic rings. The highest BCUT2D eigenvalue weighted by Crippen LogP contribution is 2.36. The summed E-state index contributed by atoms with van der Waals surface area (Å²) in [4.78, 5) is 11.5. The summed E-state index contributed by atoms with van der Waals surface area (Å²) in [5.74, 6) is 0.749. The lowest BCUT2D eigenvalue weighted by atomic mass is 10.3. The molecule has 0 aliphatic heterocycles. The van der Waals surface area contributed by atoms with E-state index in [9.17, 15) is 4.79 Å². The Morgan fingerprint density at radius 1 is 1.69 bits per heavy atom. The number of ether oxygens (including phenoxy) is 1. The van der Waals surface area contributed by atoms with Gasteiger partial charge in [-0.25, -0.2) is 0 Å². The second-order valence-corrected chi connectivity index (χ2v) is 4.47. The lowest BCUT2D eigenvalue weighted by Crippen LogP contribution is -2.33. The minimum absolute atomic E-state index is 0.0213. The molecule has 1 rings (SSSR count). The zero-order chi connectivity index (χ0) is 9.68. The van der Waals surface area contributed by atoms with Crippen LogP contribution in [0.4, 0.5) is 0 Å². The van der Waals surface area contributed by atoms with E-state index in [1.807, 2.05) is 6.92 Å². The van der Waals surface area contributed by atoms with Crippen molar-refractivity contribution >= 4 is 21.8 Å². The molecule has 4 heteroatoms. The summed E-state index contributed by atoms with van der Waals surface area (Å²) in [6.45, 7) is 3.37. The van der Waals surface area contributed by atoms with Gasteiger partial charge in [-0.1, -0.05) is 15.9 Å². The Morgan fingerprint density at radius 3 is 2.92 bits per heavy atom. The number of carbonyl (C=O) groups is 1. The molecule has 1 atom stereocenters. The van der Waals surface area contributed by atoms with E-state index in [0.717, 1.165) is 12.5 Å². The normalized spacial score (nSPS) is 18.3. The highest BCUT2D eigenvalue weighted by atomic mass is 79.9. The van der Waals surface area contributed by atoms with Crippen LogP contribution in [0.15, 0.2) is 0 Å². The quantitative estimate of drug-likeness (QED) is 0.722. The summed E-state index contributed by atoms with van der Waals surface area (Å²) in [5, 5.41) is 2.83. The van der Waals surface area contributed by atoms with Crippen LogP contribution in [0, 0.1) is 5.92 Å². The Bertz CT molecular complexity index is 171. The molecule has 0 bridgehead atoms. The average molecular weight is 250 g/mol. The van der Waals surface area contributed by atoms with Gasteiger partial charge in [-0.2, -0.15) is 0 Å². The molecule has 76 valence electrons. The molecule has 0 aromatic carbocycles. The molecule has 1 aliphatic rings. The summed E-state index contributed by atoms with van der Waals surface area (Å²) in [7, 11) is 0. The smallest absolute Gasteiger partial charge is 0.246 e. The first kappa shape index (κ1) is 11.0. The number of nitrogens with one attached hydrogen (secondary N) is 1. The Labute approximate surface area is 87.3 Å². The molecule has 0 spiro atoms. The highest BCUT2D eigenvalue weighted by Gasteiger charge is 2.29. The van der Waals surface area contributed by atoms with Crippen LogP contribution in [-0.2, 0) is 9.53 Å². The summed E-state index contributed by atoms with van der Waals surface area (Å²) in [6, 6.07) is 0. The van der Waals surface area contributed by atoms with Gasteiger partial charge in [-0.3, -0.25) is 4.79 Å². The summed E-state index contributed by atoms with van der Waals surface area (Å²) in [5.41, 5.74) is 0. The Balaban J connectivity index is 2.00. The molecule has 3 nitrogen and oxygen atoms in total. The third kappa shape index (κ3) is 4.62. The van der Waals surface area contributed by atoms with Crippen LogP contribution < -0.4 is 5.32 Å². The van der Waals surface area contributed by atoms with E-state index < -0.39 is 0 Å². The first-order valence-corrected chi connectivity index (χ1v) is 5.64. The zero-order valence-corrected chi connectivity index (χ0v) is 9.47. The van der Waals surface area contributed by atoms with E-state index in [1.165, 1.54) is 12.8 Å². The van der Waals surface area contributed by atoms with Gasteiger partial charge in [-0.05, 0) is 25.7 Å². The number of hydrogen-bond donors (Lipinski definition) is 1. The third-order valence-corrected chi connectivity index (χ3v) is 3.14. The van der Waals surface area contributed by atoms with Crippen molar-refractivity contribution in [1.82, 2.24) is 5.32 Å². The molecule has 0 saturated heterocycles. The van der Waals surface area contributed by atoms with Gasteiger partial charge in [0.05, 0.1) is 0 Å². The molecule has 1 saturated carbocycles. The van der Waals surface area contributed by atoms with Crippen molar-refractivity contribution in [2.75, 3.05) is 19.8 Å². The minimum atomic E-state index is -0.0213. The number of hydrogen-bond acceptors (Lipinski definition) is 2. The number of rotatable bonds is 6. The standard InChI is InChI=1S/C9H16BrNO2/c1-2-13-6-9(12)11-5-8(10)7-3-4-7/h7-8H,2-6H2,1H3,(H,11,12). The Kier molecular flexibility index (Phi) is 4.73. The predicted octanol–water partition coefficient (Wildman–Crippen LogP) is 1.31. The number of halogens is 1. The van der Waals surface area contributed by atoms with Gasteiger partial charge >= 0.3 is 0 Å². The van der Waals surface area contributed by atoms with Crippen LogP contribution in [0.1, 0.15) is 19.8 Å². The summed E-state index contributed by atoms with van der Waals surface area (Å²) in [6.07, 6.45) is 2.58. The number of amides is 1. The molecular formula is C9H16BrNO2. The maximum absolute atomic E-state index is 11.1. The number of alkyl halides is 1.